The highest BCUT2D eigenvalue weighted by atomic mass is 16.3. The van der Waals surface area contributed by atoms with Gasteiger partial charge in [0, 0.05) is 6.54 Å². The zero-order valence-corrected chi connectivity index (χ0v) is 12.0. The Morgan fingerprint density at radius 3 is 2.26 bits per heavy atom. The van der Waals surface area contributed by atoms with Crippen LogP contribution < -0.4 is 16.4 Å². The molecule has 0 saturated heterocycles. The number of carbonyl (C=O) groups excluding carboxylic acids is 2. The zero-order chi connectivity index (χ0) is 14.7. The smallest absolute Gasteiger partial charge is 0.312 e. The lowest BCUT2D eigenvalue weighted by atomic mass is 9.71. The second-order valence-corrected chi connectivity index (χ2v) is 6.34. The number of nitrogens with one attached hydrogen (secondary N) is 2. The minimum Gasteiger partial charge on any atom is -0.388 e. The number of aliphatic hydroxyl groups is 1. The van der Waals surface area contributed by atoms with E-state index >= 15 is 0 Å². The predicted octanol–water partition coefficient (Wildman–Crippen LogP) is 0.491. The zero-order valence-electron chi connectivity index (χ0n) is 12.0. The van der Waals surface area contributed by atoms with Crippen LogP contribution in [0.4, 0.5) is 4.79 Å². The Bertz CT molecular complexity index is 345. The number of primary amides is 1. The monoisotopic (exact) mass is 271 g/mol. The average Bonchev–Trinajstić information content (AvgIpc) is 2.30. The SMILES string of the molecule is CC(NC(N)=O)C(=O)NCC1(O)CCC(C)(C)CC1. The molecule has 0 aromatic carbocycles. The van der Waals surface area contributed by atoms with Crippen LogP contribution in [0.3, 0.4) is 0 Å². The van der Waals surface area contributed by atoms with Crippen LogP contribution in [-0.2, 0) is 4.79 Å². The summed E-state index contributed by atoms with van der Waals surface area (Å²) < 4.78 is 0. The van der Waals surface area contributed by atoms with Gasteiger partial charge in [-0.05, 0) is 38.0 Å². The molecule has 1 aliphatic rings. The van der Waals surface area contributed by atoms with E-state index in [2.05, 4.69) is 24.5 Å². The van der Waals surface area contributed by atoms with Crippen LogP contribution in [-0.4, -0.2) is 35.2 Å². The van der Waals surface area contributed by atoms with E-state index < -0.39 is 17.7 Å². The summed E-state index contributed by atoms with van der Waals surface area (Å²) in [6.07, 6.45) is 3.23. The minimum atomic E-state index is -0.836. The summed E-state index contributed by atoms with van der Waals surface area (Å²) in [5, 5.41) is 15.4. The first-order chi connectivity index (χ1) is 8.64. The molecule has 1 saturated carbocycles. The minimum absolute atomic E-state index is 0.215. The van der Waals surface area contributed by atoms with E-state index in [0.717, 1.165) is 12.8 Å². The maximum absolute atomic E-state index is 11.7. The molecule has 1 rings (SSSR count). The van der Waals surface area contributed by atoms with Crippen molar-refractivity contribution in [3.8, 4) is 0 Å². The lowest BCUT2D eigenvalue weighted by Gasteiger charge is -2.40. The predicted molar refractivity (Wildman–Crippen MR) is 72.4 cm³/mol. The molecule has 0 bridgehead atoms. The fourth-order valence-electron chi connectivity index (χ4n) is 2.25. The van der Waals surface area contributed by atoms with Crippen molar-refractivity contribution in [3.63, 3.8) is 0 Å². The second-order valence-electron chi connectivity index (χ2n) is 6.34. The lowest BCUT2D eigenvalue weighted by Crippen LogP contribution is -2.52. The Morgan fingerprint density at radius 2 is 1.79 bits per heavy atom. The Balaban J connectivity index is 2.40. The molecule has 1 unspecified atom stereocenters. The van der Waals surface area contributed by atoms with Gasteiger partial charge in [0.25, 0.3) is 0 Å². The summed E-state index contributed by atoms with van der Waals surface area (Å²) in [6.45, 7) is 6.13. The van der Waals surface area contributed by atoms with Crippen LogP contribution in [0, 0.1) is 5.41 Å². The number of urea groups is 1. The first-order valence-electron chi connectivity index (χ1n) is 6.70. The molecular formula is C13H25N3O3. The van der Waals surface area contributed by atoms with Crippen molar-refractivity contribution in [2.75, 3.05) is 6.54 Å². The molecule has 19 heavy (non-hydrogen) atoms. The van der Waals surface area contributed by atoms with Crippen molar-refractivity contribution in [1.29, 1.82) is 0 Å². The Hall–Kier alpha value is -1.30. The maximum Gasteiger partial charge on any atom is 0.312 e. The molecule has 1 atom stereocenters. The van der Waals surface area contributed by atoms with Gasteiger partial charge < -0.3 is 21.5 Å². The maximum atomic E-state index is 11.7. The standard InChI is InChI=1S/C13H25N3O3/c1-9(16-11(14)18)10(17)15-8-13(19)6-4-12(2,3)5-7-13/h9,19H,4-8H2,1-3H3,(H,15,17)(H3,14,16,18). The van der Waals surface area contributed by atoms with Crippen molar-refractivity contribution in [3.05, 3.63) is 0 Å². The number of carbonyl (C=O) groups is 2. The molecule has 0 radical (unpaired) electrons. The highest BCUT2D eigenvalue weighted by molar-refractivity contribution is 5.86. The van der Waals surface area contributed by atoms with Crippen molar-refractivity contribution in [2.24, 2.45) is 11.1 Å². The van der Waals surface area contributed by atoms with E-state index in [1.54, 1.807) is 6.92 Å². The molecule has 0 aliphatic heterocycles. The molecule has 110 valence electrons. The number of rotatable bonds is 4. The molecular weight excluding hydrogens is 246 g/mol. The van der Waals surface area contributed by atoms with Crippen LogP contribution in [0.2, 0.25) is 0 Å². The Morgan fingerprint density at radius 1 is 1.26 bits per heavy atom. The number of hydrogen-bond acceptors (Lipinski definition) is 3. The van der Waals surface area contributed by atoms with Crippen LogP contribution in [0.15, 0.2) is 0 Å². The largest absolute Gasteiger partial charge is 0.388 e. The van der Waals surface area contributed by atoms with Gasteiger partial charge in [0.1, 0.15) is 6.04 Å². The van der Waals surface area contributed by atoms with Gasteiger partial charge in [-0.15, -0.1) is 0 Å². The topological polar surface area (TPSA) is 104 Å². The fraction of sp³-hybridized carbons (Fsp3) is 0.846. The lowest BCUT2D eigenvalue weighted by molar-refractivity contribution is -0.124. The van der Waals surface area contributed by atoms with Gasteiger partial charge in [0.05, 0.1) is 5.60 Å². The van der Waals surface area contributed by atoms with Crippen LogP contribution in [0.1, 0.15) is 46.5 Å². The van der Waals surface area contributed by atoms with E-state index in [1.165, 1.54) is 0 Å². The first-order valence-corrected chi connectivity index (χ1v) is 6.70. The Labute approximate surface area is 114 Å². The van der Waals surface area contributed by atoms with Crippen LogP contribution >= 0.6 is 0 Å². The molecule has 1 aliphatic carbocycles. The molecule has 0 aromatic heterocycles. The highest BCUT2D eigenvalue weighted by Gasteiger charge is 2.36. The number of amides is 3. The number of nitrogens with two attached hydrogens (primary N) is 1. The molecule has 5 N–H and O–H groups in total. The van der Waals surface area contributed by atoms with E-state index in [4.69, 9.17) is 5.73 Å². The van der Waals surface area contributed by atoms with E-state index in [0.29, 0.717) is 12.8 Å². The van der Waals surface area contributed by atoms with Crippen molar-refractivity contribution in [2.45, 2.75) is 58.1 Å². The third kappa shape index (κ3) is 5.06. The van der Waals surface area contributed by atoms with E-state index in [9.17, 15) is 14.7 Å². The third-order valence-corrected chi connectivity index (χ3v) is 3.88. The quantitative estimate of drug-likeness (QED) is 0.598. The van der Waals surface area contributed by atoms with E-state index in [1.807, 2.05) is 0 Å². The summed E-state index contributed by atoms with van der Waals surface area (Å²) in [4.78, 5) is 22.3. The summed E-state index contributed by atoms with van der Waals surface area (Å²) >= 11 is 0. The third-order valence-electron chi connectivity index (χ3n) is 3.88. The highest BCUT2D eigenvalue weighted by Crippen LogP contribution is 2.39. The molecule has 6 nitrogen and oxygen atoms in total. The van der Waals surface area contributed by atoms with Gasteiger partial charge in [-0.2, -0.15) is 0 Å². The van der Waals surface area contributed by atoms with Crippen molar-refractivity contribution >= 4 is 11.9 Å². The summed E-state index contributed by atoms with van der Waals surface area (Å²) in [5.41, 5.74) is 4.37. The van der Waals surface area contributed by atoms with Crippen LogP contribution in [0.5, 0.6) is 0 Å². The van der Waals surface area contributed by atoms with Crippen molar-refractivity contribution < 1.29 is 14.7 Å². The van der Waals surface area contributed by atoms with Gasteiger partial charge in [0.2, 0.25) is 5.91 Å². The normalized spacial score (nSPS) is 22.3. The van der Waals surface area contributed by atoms with Crippen LogP contribution in [0.25, 0.3) is 0 Å². The van der Waals surface area contributed by atoms with E-state index in [-0.39, 0.29) is 17.9 Å². The van der Waals surface area contributed by atoms with Gasteiger partial charge in [0.15, 0.2) is 0 Å². The average molecular weight is 271 g/mol. The molecule has 3 amide bonds. The second kappa shape index (κ2) is 5.77. The summed E-state index contributed by atoms with van der Waals surface area (Å²) in [6, 6.07) is -1.43. The van der Waals surface area contributed by atoms with Gasteiger partial charge >= 0.3 is 6.03 Å². The molecule has 0 heterocycles. The molecule has 1 fully saturated rings. The fourth-order valence-corrected chi connectivity index (χ4v) is 2.25. The van der Waals surface area contributed by atoms with Gasteiger partial charge in [-0.25, -0.2) is 4.79 Å². The van der Waals surface area contributed by atoms with Crippen molar-refractivity contribution in [1.82, 2.24) is 10.6 Å². The first kappa shape index (κ1) is 15.8. The number of hydrogen-bond donors (Lipinski definition) is 4. The summed E-state index contributed by atoms with van der Waals surface area (Å²) in [7, 11) is 0. The van der Waals surface area contributed by atoms with Gasteiger partial charge in [-0.3, -0.25) is 4.79 Å². The molecule has 6 heteroatoms. The Kier molecular flexibility index (Phi) is 4.79. The van der Waals surface area contributed by atoms with Gasteiger partial charge in [-0.1, -0.05) is 13.8 Å². The summed E-state index contributed by atoms with van der Waals surface area (Å²) in [5.74, 6) is -0.336. The molecule has 0 spiro atoms. The molecule has 0 aromatic rings.